The van der Waals surface area contributed by atoms with Crippen molar-refractivity contribution in [2.75, 3.05) is 0 Å². The van der Waals surface area contributed by atoms with E-state index < -0.39 is 0 Å². The predicted molar refractivity (Wildman–Crippen MR) is 75.0 cm³/mol. The van der Waals surface area contributed by atoms with Crippen LogP contribution in [0.3, 0.4) is 0 Å². The van der Waals surface area contributed by atoms with Crippen LogP contribution in [0.25, 0.3) is 0 Å². The van der Waals surface area contributed by atoms with Crippen LogP contribution in [0.5, 0.6) is 0 Å². The van der Waals surface area contributed by atoms with E-state index >= 15 is 0 Å². The van der Waals surface area contributed by atoms with Gasteiger partial charge < -0.3 is 9.88 Å². The number of hydrogen-bond donors (Lipinski definition) is 1. The smallest absolute Gasteiger partial charge is 0.146 e. The fourth-order valence-electron chi connectivity index (χ4n) is 1.96. The molecular formula is C13H16BrFN4. The Balaban J connectivity index is 2.09. The lowest BCUT2D eigenvalue weighted by Gasteiger charge is -2.17. The summed E-state index contributed by atoms with van der Waals surface area (Å²) in [6.07, 6.45) is 2.53. The van der Waals surface area contributed by atoms with Gasteiger partial charge in [0.25, 0.3) is 0 Å². The van der Waals surface area contributed by atoms with Gasteiger partial charge in [0.05, 0.1) is 6.54 Å². The predicted octanol–water partition coefficient (Wildman–Crippen LogP) is 2.96. The zero-order chi connectivity index (χ0) is 13.8. The summed E-state index contributed by atoms with van der Waals surface area (Å²) >= 11 is 3.32. The van der Waals surface area contributed by atoms with E-state index in [1.807, 2.05) is 17.7 Å². The van der Waals surface area contributed by atoms with Crippen molar-refractivity contribution >= 4 is 15.9 Å². The van der Waals surface area contributed by atoms with Gasteiger partial charge in [0, 0.05) is 17.6 Å². The molecule has 1 atom stereocenters. The van der Waals surface area contributed by atoms with Crippen LogP contribution >= 0.6 is 15.9 Å². The van der Waals surface area contributed by atoms with Crippen LogP contribution in [0.2, 0.25) is 0 Å². The maximum atomic E-state index is 13.4. The Hall–Kier alpha value is -1.27. The molecule has 1 aromatic heterocycles. The highest BCUT2D eigenvalue weighted by molar-refractivity contribution is 9.10. The molecule has 6 heteroatoms. The van der Waals surface area contributed by atoms with E-state index in [1.54, 1.807) is 12.4 Å². The lowest BCUT2D eigenvalue weighted by atomic mass is 10.0. The second-order valence-corrected chi connectivity index (χ2v) is 5.32. The zero-order valence-corrected chi connectivity index (χ0v) is 12.5. The van der Waals surface area contributed by atoms with Crippen molar-refractivity contribution < 1.29 is 4.39 Å². The van der Waals surface area contributed by atoms with Crippen molar-refractivity contribution in [1.29, 1.82) is 0 Å². The summed E-state index contributed by atoms with van der Waals surface area (Å²) in [7, 11) is 1.90. The van der Waals surface area contributed by atoms with Gasteiger partial charge in [-0.05, 0) is 30.2 Å². The zero-order valence-electron chi connectivity index (χ0n) is 10.9. The number of aryl methyl sites for hydroxylation is 1. The van der Waals surface area contributed by atoms with E-state index in [4.69, 9.17) is 0 Å². The molecule has 4 nitrogen and oxygen atoms in total. The van der Waals surface area contributed by atoms with Crippen LogP contribution in [-0.2, 0) is 13.6 Å². The van der Waals surface area contributed by atoms with Crippen molar-refractivity contribution in [3.8, 4) is 0 Å². The highest BCUT2D eigenvalue weighted by Gasteiger charge is 2.12. The van der Waals surface area contributed by atoms with Gasteiger partial charge in [0.15, 0.2) is 0 Å². The van der Waals surface area contributed by atoms with E-state index in [9.17, 15) is 4.39 Å². The third-order valence-electron chi connectivity index (χ3n) is 3.01. The normalized spacial score (nSPS) is 12.6. The van der Waals surface area contributed by atoms with Crippen LogP contribution in [-0.4, -0.2) is 14.8 Å². The molecule has 102 valence electrons. The molecule has 19 heavy (non-hydrogen) atoms. The lowest BCUT2D eigenvalue weighted by Crippen LogP contribution is -2.22. The number of hydrogen-bond acceptors (Lipinski definition) is 3. The number of nitrogens with zero attached hydrogens (tertiary/aromatic N) is 3. The molecule has 0 saturated heterocycles. The first-order chi connectivity index (χ1) is 9.10. The Morgan fingerprint density at radius 1 is 1.42 bits per heavy atom. The van der Waals surface area contributed by atoms with E-state index in [-0.39, 0.29) is 11.9 Å². The average molecular weight is 327 g/mol. The van der Waals surface area contributed by atoms with Crippen molar-refractivity contribution in [3.05, 3.63) is 46.2 Å². The first-order valence-electron chi connectivity index (χ1n) is 6.12. The van der Waals surface area contributed by atoms with Crippen LogP contribution in [0.15, 0.2) is 29.0 Å². The molecule has 0 aliphatic heterocycles. The summed E-state index contributed by atoms with van der Waals surface area (Å²) in [4.78, 5) is 0. The summed E-state index contributed by atoms with van der Waals surface area (Å²) in [5.74, 6) is 0.622. The van der Waals surface area contributed by atoms with Gasteiger partial charge in [-0.1, -0.05) is 22.9 Å². The van der Waals surface area contributed by atoms with Crippen molar-refractivity contribution in [1.82, 2.24) is 20.1 Å². The van der Waals surface area contributed by atoms with Crippen LogP contribution in [0, 0.1) is 5.82 Å². The fraction of sp³-hybridized carbons (Fsp3) is 0.385. The second kappa shape index (κ2) is 6.25. The maximum absolute atomic E-state index is 13.4. The highest BCUT2D eigenvalue weighted by atomic mass is 79.9. The Labute approximate surface area is 120 Å². The second-order valence-electron chi connectivity index (χ2n) is 4.40. The Morgan fingerprint density at radius 2 is 2.21 bits per heavy atom. The van der Waals surface area contributed by atoms with Crippen molar-refractivity contribution in [3.63, 3.8) is 0 Å². The number of aromatic nitrogens is 3. The van der Waals surface area contributed by atoms with Gasteiger partial charge in [-0.25, -0.2) is 4.39 Å². The summed E-state index contributed by atoms with van der Waals surface area (Å²) in [6, 6.07) is 5.03. The standard InChI is InChI=1S/C13H16BrFN4/c1-3-12(9-4-10(14)6-11(15)5-9)16-7-13-18-17-8-19(13)2/h4-6,8,12,16H,3,7H2,1-2H3. The van der Waals surface area contributed by atoms with Gasteiger partial charge in [-0.2, -0.15) is 0 Å². The van der Waals surface area contributed by atoms with Crippen molar-refractivity contribution in [2.45, 2.75) is 25.9 Å². The molecule has 0 aliphatic carbocycles. The summed E-state index contributed by atoms with van der Waals surface area (Å²) in [5, 5.41) is 11.2. The van der Waals surface area contributed by atoms with E-state index in [1.165, 1.54) is 6.07 Å². The molecular weight excluding hydrogens is 311 g/mol. The largest absolute Gasteiger partial charge is 0.320 e. The van der Waals surface area contributed by atoms with E-state index in [0.717, 1.165) is 22.3 Å². The molecule has 2 aromatic rings. The molecule has 0 amide bonds. The minimum Gasteiger partial charge on any atom is -0.320 e. The van der Waals surface area contributed by atoms with E-state index in [0.29, 0.717) is 6.54 Å². The quantitative estimate of drug-likeness (QED) is 0.918. The maximum Gasteiger partial charge on any atom is 0.146 e. The van der Waals surface area contributed by atoms with Gasteiger partial charge in [-0.3, -0.25) is 0 Å². The molecule has 1 N–H and O–H groups in total. The third-order valence-corrected chi connectivity index (χ3v) is 3.47. The number of benzene rings is 1. The first kappa shape index (κ1) is 14.1. The molecule has 0 spiro atoms. The number of nitrogens with one attached hydrogen (secondary N) is 1. The summed E-state index contributed by atoms with van der Waals surface area (Å²) < 4.78 is 16.0. The summed E-state index contributed by atoms with van der Waals surface area (Å²) in [5.41, 5.74) is 0.927. The molecule has 1 aromatic carbocycles. The van der Waals surface area contributed by atoms with Crippen LogP contribution in [0.1, 0.15) is 30.8 Å². The summed E-state index contributed by atoms with van der Waals surface area (Å²) in [6.45, 7) is 2.66. The van der Waals surface area contributed by atoms with Gasteiger partial charge in [-0.15, -0.1) is 10.2 Å². The monoisotopic (exact) mass is 326 g/mol. The average Bonchev–Trinajstić information content (AvgIpc) is 2.75. The Morgan fingerprint density at radius 3 is 2.79 bits per heavy atom. The minimum absolute atomic E-state index is 0.0868. The molecule has 0 aliphatic rings. The molecule has 0 fully saturated rings. The topological polar surface area (TPSA) is 42.7 Å². The molecule has 1 unspecified atom stereocenters. The Bertz CT molecular complexity index is 535. The minimum atomic E-state index is -0.233. The van der Waals surface area contributed by atoms with Gasteiger partial charge in [0.1, 0.15) is 18.0 Å². The Kier molecular flexibility index (Phi) is 4.66. The highest BCUT2D eigenvalue weighted by Crippen LogP contribution is 2.22. The first-order valence-corrected chi connectivity index (χ1v) is 6.91. The molecule has 0 saturated carbocycles. The molecule has 2 rings (SSSR count). The molecule has 1 heterocycles. The van der Waals surface area contributed by atoms with Gasteiger partial charge in [0.2, 0.25) is 0 Å². The van der Waals surface area contributed by atoms with Crippen LogP contribution < -0.4 is 5.32 Å². The number of halogens is 2. The SMILES string of the molecule is CCC(NCc1nncn1C)c1cc(F)cc(Br)c1. The number of rotatable bonds is 5. The van der Waals surface area contributed by atoms with E-state index in [2.05, 4.69) is 38.4 Å². The fourth-order valence-corrected chi connectivity index (χ4v) is 2.44. The third kappa shape index (κ3) is 3.61. The lowest BCUT2D eigenvalue weighted by molar-refractivity contribution is 0.497. The van der Waals surface area contributed by atoms with Crippen molar-refractivity contribution in [2.24, 2.45) is 7.05 Å². The molecule has 0 radical (unpaired) electrons. The molecule has 0 bridgehead atoms. The van der Waals surface area contributed by atoms with Gasteiger partial charge >= 0.3 is 0 Å². The van der Waals surface area contributed by atoms with Crippen LogP contribution in [0.4, 0.5) is 4.39 Å².